The summed E-state index contributed by atoms with van der Waals surface area (Å²) in [5, 5.41) is 14.8. The second kappa shape index (κ2) is 8.98. The van der Waals surface area contributed by atoms with Crippen LogP contribution in [0.3, 0.4) is 0 Å². The quantitative estimate of drug-likeness (QED) is 0.341. The summed E-state index contributed by atoms with van der Waals surface area (Å²) in [6.07, 6.45) is 0. The van der Waals surface area contributed by atoms with Crippen LogP contribution in [0.1, 0.15) is 0 Å². The van der Waals surface area contributed by atoms with Crippen molar-refractivity contribution in [2.75, 3.05) is 0 Å². The third-order valence-corrected chi connectivity index (χ3v) is 0. The van der Waals surface area contributed by atoms with Gasteiger partial charge in [0, 0.05) is 32.7 Å². The summed E-state index contributed by atoms with van der Waals surface area (Å²) in [5.41, 5.74) is 0. The standard InChI is InChI=1S/NO3.H2O.Y/c2-1(3)4;;/h;1H2;/q-1;;. The average molecular weight is 169 g/mol. The monoisotopic (exact) mass is 169 g/mol. The van der Waals surface area contributed by atoms with E-state index in [1.807, 2.05) is 0 Å². The predicted molar refractivity (Wildman–Crippen MR) is 14.0 cm³/mol. The van der Waals surface area contributed by atoms with Gasteiger partial charge in [0.25, 0.3) is 0 Å². The Morgan fingerprint density at radius 1 is 1.33 bits per heavy atom. The number of hydrogen-bond acceptors (Lipinski definition) is 3. The average Bonchev–Trinajstić information content (AvgIpc) is 0.811. The van der Waals surface area contributed by atoms with Crippen molar-refractivity contribution in [2.24, 2.45) is 0 Å². The molecule has 1 radical (unpaired) electrons. The fourth-order valence-corrected chi connectivity index (χ4v) is 0. The van der Waals surface area contributed by atoms with Crippen molar-refractivity contribution in [1.82, 2.24) is 0 Å². The molecule has 0 amide bonds. The third-order valence-electron chi connectivity index (χ3n) is 0. The van der Waals surface area contributed by atoms with Crippen molar-refractivity contribution in [3.8, 4) is 0 Å². The third kappa shape index (κ3) is 652. The van der Waals surface area contributed by atoms with Gasteiger partial charge in [-0.2, -0.15) is 0 Å². The summed E-state index contributed by atoms with van der Waals surface area (Å²) in [4.78, 5) is 8.25. The van der Waals surface area contributed by atoms with E-state index in [2.05, 4.69) is 0 Å². The summed E-state index contributed by atoms with van der Waals surface area (Å²) in [7, 11) is 0. The molecule has 0 fully saturated rings. The van der Waals surface area contributed by atoms with Crippen LogP contribution >= 0.6 is 0 Å². The van der Waals surface area contributed by atoms with E-state index < -0.39 is 5.09 Å². The fraction of sp³-hybridized carbons (Fsp3) is 0. The summed E-state index contributed by atoms with van der Waals surface area (Å²) in [5.74, 6) is 0. The van der Waals surface area contributed by atoms with Gasteiger partial charge >= 0.3 is 0 Å². The van der Waals surface area contributed by atoms with Crippen LogP contribution in [-0.2, 0) is 32.7 Å². The maximum atomic E-state index is 8.25. The van der Waals surface area contributed by atoms with Gasteiger partial charge in [0.1, 0.15) is 0 Å². The maximum Gasteiger partial charge on any atom is 0.0689 e. The van der Waals surface area contributed by atoms with Crippen molar-refractivity contribution in [3.05, 3.63) is 15.3 Å². The first-order valence-electron chi connectivity index (χ1n) is 0.548. The molecule has 2 N–H and O–H groups in total. The normalized spacial score (nSPS) is 4.00. The Balaban J connectivity index is -0.0000000450. The molecule has 0 heterocycles. The molecule has 0 aromatic carbocycles. The summed E-state index contributed by atoms with van der Waals surface area (Å²) in [6.45, 7) is 0. The van der Waals surface area contributed by atoms with Gasteiger partial charge < -0.3 is 20.8 Å². The first kappa shape index (κ1) is 16.3. The minimum atomic E-state index is -1.75. The van der Waals surface area contributed by atoms with Crippen LogP contribution in [0.25, 0.3) is 0 Å². The van der Waals surface area contributed by atoms with Gasteiger partial charge in [-0.05, 0) is 0 Å². The van der Waals surface area contributed by atoms with E-state index >= 15 is 0 Å². The second-order valence-corrected chi connectivity index (χ2v) is 0.224. The number of nitrogens with zero attached hydrogens (tertiary/aromatic N) is 1. The molecule has 0 aliphatic rings. The Morgan fingerprint density at radius 3 is 1.33 bits per heavy atom. The van der Waals surface area contributed by atoms with Gasteiger partial charge in [-0.25, -0.2) is 0 Å². The molecule has 0 unspecified atom stereocenters. The molecule has 0 saturated heterocycles. The van der Waals surface area contributed by atoms with Crippen LogP contribution in [0.5, 0.6) is 0 Å². The van der Waals surface area contributed by atoms with E-state index in [9.17, 15) is 0 Å². The first-order chi connectivity index (χ1) is 1.73. The zero-order chi connectivity index (χ0) is 3.58. The summed E-state index contributed by atoms with van der Waals surface area (Å²) in [6, 6.07) is 0. The molecule has 0 aromatic rings. The van der Waals surface area contributed by atoms with Crippen molar-refractivity contribution < 1.29 is 43.3 Å². The minimum absolute atomic E-state index is 0. The Labute approximate surface area is 58.6 Å². The second-order valence-electron chi connectivity index (χ2n) is 0.224. The topological polar surface area (TPSA) is 97.7 Å². The van der Waals surface area contributed by atoms with E-state index in [4.69, 9.17) is 15.3 Å². The molecular formula is H2NO4Y-. The van der Waals surface area contributed by atoms with Gasteiger partial charge in [-0.15, -0.1) is 0 Å². The largest absolute Gasteiger partial charge is 0.412 e. The zero-order valence-corrected chi connectivity index (χ0v) is 5.59. The summed E-state index contributed by atoms with van der Waals surface area (Å²) < 4.78 is 0. The van der Waals surface area contributed by atoms with Gasteiger partial charge in [-0.3, -0.25) is 0 Å². The molecule has 0 saturated carbocycles. The smallest absolute Gasteiger partial charge is 0.0689 e. The van der Waals surface area contributed by atoms with Crippen molar-refractivity contribution in [1.29, 1.82) is 0 Å². The molecule has 6 heteroatoms. The van der Waals surface area contributed by atoms with E-state index in [0.717, 1.165) is 0 Å². The maximum absolute atomic E-state index is 8.25. The van der Waals surface area contributed by atoms with Crippen molar-refractivity contribution in [2.45, 2.75) is 0 Å². The van der Waals surface area contributed by atoms with Crippen molar-refractivity contribution >= 4 is 0 Å². The molecule has 0 aliphatic carbocycles. The van der Waals surface area contributed by atoms with E-state index in [1.54, 1.807) is 0 Å². The van der Waals surface area contributed by atoms with Crippen LogP contribution in [0, 0.1) is 15.3 Å². The molecule has 0 aliphatic heterocycles. The minimum Gasteiger partial charge on any atom is -0.412 e. The van der Waals surface area contributed by atoms with Crippen LogP contribution in [-0.4, -0.2) is 10.6 Å². The molecular weight excluding hydrogens is 167 g/mol. The van der Waals surface area contributed by atoms with Gasteiger partial charge in [0.15, 0.2) is 0 Å². The van der Waals surface area contributed by atoms with E-state index in [1.165, 1.54) is 0 Å². The van der Waals surface area contributed by atoms with E-state index in [0.29, 0.717) is 0 Å². The Morgan fingerprint density at radius 2 is 1.33 bits per heavy atom. The van der Waals surface area contributed by atoms with Crippen molar-refractivity contribution in [3.63, 3.8) is 0 Å². The summed E-state index contributed by atoms with van der Waals surface area (Å²) >= 11 is 0. The molecule has 0 bridgehead atoms. The van der Waals surface area contributed by atoms with Crippen LogP contribution < -0.4 is 0 Å². The Hall–Kier alpha value is 0.264. The zero-order valence-electron chi connectivity index (χ0n) is 2.75. The van der Waals surface area contributed by atoms with Gasteiger partial charge in [0.2, 0.25) is 0 Å². The fourth-order valence-electron chi connectivity index (χ4n) is 0. The molecule has 0 rings (SSSR count). The molecule has 0 atom stereocenters. The Kier molecular flexibility index (Phi) is 24.4. The Bertz CT molecular complexity index is 30.5. The van der Waals surface area contributed by atoms with Gasteiger partial charge in [0.05, 0.1) is 5.09 Å². The molecule has 0 spiro atoms. The van der Waals surface area contributed by atoms with E-state index in [-0.39, 0.29) is 38.2 Å². The predicted octanol–water partition coefficient (Wildman–Crippen LogP) is -1.07. The SMILES string of the molecule is O.O=[N+]([O-])[O-].[Y]. The molecule has 6 heavy (non-hydrogen) atoms. The first-order valence-corrected chi connectivity index (χ1v) is 0.548. The number of hydrogen-bond donors (Lipinski definition) is 0. The molecule has 35 valence electrons. The van der Waals surface area contributed by atoms with Crippen LogP contribution in [0.2, 0.25) is 0 Å². The van der Waals surface area contributed by atoms with Gasteiger partial charge in [-0.1, -0.05) is 0 Å². The molecule has 5 nitrogen and oxygen atoms in total. The van der Waals surface area contributed by atoms with Crippen LogP contribution in [0.15, 0.2) is 0 Å². The number of rotatable bonds is 0. The van der Waals surface area contributed by atoms with Crippen LogP contribution in [0.4, 0.5) is 0 Å². The molecule has 0 aromatic heterocycles.